The van der Waals surface area contributed by atoms with Crippen molar-refractivity contribution >= 4 is 39.6 Å². The molecule has 11 heteroatoms. The van der Waals surface area contributed by atoms with Crippen molar-refractivity contribution in [2.24, 2.45) is 0 Å². The van der Waals surface area contributed by atoms with Gasteiger partial charge in [-0.25, -0.2) is 4.98 Å². The number of terminal acetylenes is 1. The quantitative estimate of drug-likeness (QED) is 0.0721. The zero-order valence-electron chi connectivity index (χ0n) is 22.9. The van der Waals surface area contributed by atoms with Crippen molar-refractivity contribution in [3.8, 4) is 18.1 Å². The van der Waals surface area contributed by atoms with E-state index in [1.807, 2.05) is 108 Å². The number of halogens is 2. The molecule has 0 saturated carbocycles. The van der Waals surface area contributed by atoms with Crippen molar-refractivity contribution in [3.63, 3.8) is 0 Å². The van der Waals surface area contributed by atoms with Crippen molar-refractivity contribution in [1.82, 2.24) is 19.5 Å². The molecule has 0 aliphatic carbocycles. The molecule has 43 heavy (non-hydrogen) atoms. The Balaban J connectivity index is 1.57. The van der Waals surface area contributed by atoms with E-state index >= 15 is 4.39 Å². The van der Waals surface area contributed by atoms with Gasteiger partial charge in [0.05, 0.1) is 19.5 Å². The second-order valence-electron chi connectivity index (χ2n) is 10.1. The third-order valence-corrected chi connectivity index (χ3v) is 8.62. The Hall–Kier alpha value is -4.09. The molecule has 4 atom stereocenters. The van der Waals surface area contributed by atoms with E-state index in [0.717, 1.165) is 16.7 Å². The lowest BCUT2D eigenvalue weighted by Crippen LogP contribution is -2.45. The molecule has 0 unspecified atom stereocenters. The summed E-state index contributed by atoms with van der Waals surface area (Å²) in [6.45, 7) is 0. The number of nitrogens with zero attached hydrogens (tertiary/aromatic N) is 4. The van der Waals surface area contributed by atoms with Crippen LogP contribution in [0.2, 0.25) is 0 Å². The normalized spacial score (nSPS) is 21.9. The zero-order valence-corrected chi connectivity index (χ0v) is 25.1. The standard InChI is InChI=1S/C32H27FIN5O4/c1-3-31(41)26(40)24(18-34)43-29(31)39-19-35-25-27(36-30(33)37-28(25)39)38-32(20-10-6-4-7-11-20,21-12-8-5-9-13-21)22-14-16-23(42-2)17-15-22/h1,4-17,19,24,26,29,40-41H,18H2,2H3,(H,36,37,38)/t24-,26-,29-,31-/m1/s1. The fraction of sp³-hybridized carbons (Fsp3) is 0.219. The molecule has 0 bridgehead atoms. The average molecular weight is 692 g/mol. The number of fused-ring (bicyclic) bond motifs is 1. The molecule has 5 aromatic rings. The maximum Gasteiger partial charge on any atom is 0.312 e. The summed E-state index contributed by atoms with van der Waals surface area (Å²) in [6, 6.07) is 27.0. The number of hydrogen-bond acceptors (Lipinski definition) is 8. The summed E-state index contributed by atoms with van der Waals surface area (Å²) < 4.78 is 28.4. The Bertz CT molecular complexity index is 1740. The van der Waals surface area contributed by atoms with Crippen LogP contribution in [-0.2, 0) is 10.3 Å². The number of imidazole rings is 1. The highest BCUT2D eigenvalue weighted by Gasteiger charge is 2.55. The van der Waals surface area contributed by atoms with Gasteiger partial charge in [0.2, 0.25) is 0 Å². The van der Waals surface area contributed by atoms with Gasteiger partial charge < -0.3 is 25.0 Å². The number of nitrogens with one attached hydrogen (secondary N) is 1. The minimum Gasteiger partial charge on any atom is -0.497 e. The summed E-state index contributed by atoms with van der Waals surface area (Å²) in [5.74, 6) is 3.04. The number of aromatic nitrogens is 4. The Morgan fingerprint density at radius 1 is 1.05 bits per heavy atom. The lowest BCUT2D eigenvalue weighted by atomic mass is 9.77. The van der Waals surface area contributed by atoms with Gasteiger partial charge in [0.1, 0.15) is 17.4 Å². The fourth-order valence-corrected chi connectivity index (χ4v) is 6.28. The molecule has 1 fully saturated rings. The molecule has 3 N–H and O–H groups in total. The van der Waals surface area contributed by atoms with Crippen LogP contribution in [0.25, 0.3) is 11.2 Å². The van der Waals surface area contributed by atoms with Gasteiger partial charge in [-0.05, 0) is 28.8 Å². The SMILES string of the molecule is C#C[C@@]1(O)[C@H](O)[C@@H](CI)O[C@H]1n1cnc2c(NC(c3ccccc3)(c3ccccc3)c3ccc(OC)cc3)nc(F)nc21. The monoisotopic (exact) mass is 691 g/mol. The van der Waals surface area contributed by atoms with Crippen LogP contribution in [0, 0.1) is 18.4 Å². The minimum atomic E-state index is -2.10. The molecule has 0 radical (unpaired) electrons. The number of alkyl halides is 1. The molecule has 2 aromatic heterocycles. The number of methoxy groups -OCH3 is 1. The van der Waals surface area contributed by atoms with Crippen LogP contribution in [0.3, 0.4) is 0 Å². The van der Waals surface area contributed by atoms with Crippen LogP contribution in [-0.4, -0.2) is 59.1 Å². The smallest absolute Gasteiger partial charge is 0.312 e. The van der Waals surface area contributed by atoms with E-state index in [1.54, 1.807) is 7.11 Å². The summed E-state index contributed by atoms with van der Waals surface area (Å²) in [5.41, 5.74) is -0.400. The van der Waals surface area contributed by atoms with Crippen molar-refractivity contribution in [1.29, 1.82) is 0 Å². The van der Waals surface area contributed by atoms with E-state index < -0.39 is 35.7 Å². The van der Waals surface area contributed by atoms with E-state index in [4.69, 9.17) is 15.9 Å². The van der Waals surface area contributed by atoms with Crippen molar-refractivity contribution in [2.45, 2.75) is 29.6 Å². The lowest BCUT2D eigenvalue weighted by Gasteiger charge is -2.37. The maximum atomic E-state index is 15.3. The molecule has 3 aromatic carbocycles. The first-order valence-corrected chi connectivity index (χ1v) is 14.9. The Morgan fingerprint density at radius 3 is 2.21 bits per heavy atom. The predicted molar refractivity (Wildman–Crippen MR) is 167 cm³/mol. The summed E-state index contributed by atoms with van der Waals surface area (Å²) in [5, 5.41) is 25.5. The van der Waals surface area contributed by atoms with E-state index in [-0.39, 0.29) is 17.0 Å². The molecular weight excluding hydrogens is 664 g/mol. The first kappa shape index (κ1) is 29.0. The van der Waals surface area contributed by atoms with Crippen LogP contribution >= 0.6 is 22.6 Å². The van der Waals surface area contributed by atoms with Crippen LogP contribution in [0.4, 0.5) is 10.2 Å². The molecule has 0 spiro atoms. The molecular formula is C32H27FIN5O4. The fourth-order valence-electron chi connectivity index (χ4n) is 5.59. The number of ether oxygens (including phenoxy) is 2. The first-order chi connectivity index (χ1) is 20.8. The minimum absolute atomic E-state index is 0.0275. The number of anilines is 1. The van der Waals surface area contributed by atoms with Gasteiger partial charge in [-0.15, -0.1) is 6.42 Å². The van der Waals surface area contributed by atoms with Gasteiger partial charge in [-0.1, -0.05) is 101 Å². The summed E-state index contributed by atoms with van der Waals surface area (Å²) in [6.07, 6.45) is 2.58. The molecule has 9 nitrogen and oxygen atoms in total. The molecule has 1 saturated heterocycles. The highest BCUT2D eigenvalue weighted by Crippen LogP contribution is 2.43. The molecule has 1 aliphatic heterocycles. The van der Waals surface area contributed by atoms with Crippen LogP contribution in [0.15, 0.2) is 91.3 Å². The van der Waals surface area contributed by atoms with Crippen molar-refractivity contribution in [3.05, 3.63) is 114 Å². The Morgan fingerprint density at radius 2 is 1.65 bits per heavy atom. The third kappa shape index (κ3) is 4.80. The number of aliphatic hydroxyl groups is 2. The van der Waals surface area contributed by atoms with E-state index in [1.165, 1.54) is 10.9 Å². The predicted octanol–water partition coefficient (Wildman–Crippen LogP) is 4.44. The first-order valence-electron chi connectivity index (χ1n) is 13.4. The van der Waals surface area contributed by atoms with E-state index in [2.05, 4.69) is 26.2 Å². The van der Waals surface area contributed by atoms with Gasteiger partial charge in [-0.2, -0.15) is 14.4 Å². The highest BCUT2D eigenvalue weighted by molar-refractivity contribution is 14.1. The summed E-state index contributed by atoms with van der Waals surface area (Å²) >= 11 is 2.04. The number of hydrogen-bond donors (Lipinski definition) is 3. The van der Waals surface area contributed by atoms with Crippen LogP contribution in [0.1, 0.15) is 22.9 Å². The van der Waals surface area contributed by atoms with Crippen LogP contribution < -0.4 is 10.1 Å². The van der Waals surface area contributed by atoms with Crippen molar-refractivity contribution in [2.75, 3.05) is 16.9 Å². The zero-order chi connectivity index (χ0) is 30.2. The van der Waals surface area contributed by atoms with E-state index in [9.17, 15) is 10.2 Å². The number of aliphatic hydroxyl groups excluding tert-OH is 1. The maximum absolute atomic E-state index is 15.3. The number of benzene rings is 3. The number of rotatable bonds is 8. The molecule has 0 amide bonds. The third-order valence-electron chi connectivity index (χ3n) is 7.76. The van der Waals surface area contributed by atoms with Gasteiger partial charge in [0.15, 0.2) is 28.8 Å². The largest absolute Gasteiger partial charge is 0.497 e. The Kier molecular flexibility index (Phi) is 7.78. The summed E-state index contributed by atoms with van der Waals surface area (Å²) in [7, 11) is 1.60. The summed E-state index contributed by atoms with van der Waals surface area (Å²) in [4.78, 5) is 12.7. The molecule has 3 heterocycles. The average Bonchev–Trinajstić information content (AvgIpc) is 3.58. The second-order valence-corrected chi connectivity index (χ2v) is 11.0. The van der Waals surface area contributed by atoms with Crippen LogP contribution in [0.5, 0.6) is 5.75 Å². The Labute approximate surface area is 260 Å². The van der Waals surface area contributed by atoms with E-state index in [0.29, 0.717) is 10.2 Å². The van der Waals surface area contributed by atoms with Gasteiger partial charge in [0.25, 0.3) is 0 Å². The topological polar surface area (TPSA) is 115 Å². The van der Waals surface area contributed by atoms with Gasteiger partial charge >= 0.3 is 6.08 Å². The second kappa shape index (κ2) is 11.5. The lowest BCUT2D eigenvalue weighted by molar-refractivity contribution is -0.0669. The highest BCUT2D eigenvalue weighted by atomic mass is 127. The molecule has 218 valence electrons. The van der Waals surface area contributed by atoms with Gasteiger partial charge in [0, 0.05) is 4.43 Å². The molecule has 1 aliphatic rings. The van der Waals surface area contributed by atoms with Gasteiger partial charge in [-0.3, -0.25) is 4.57 Å². The molecule has 6 rings (SSSR count). The van der Waals surface area contributed by atoms with Crippen molar-refractivity contribution < 1.29 is 24.1 Å².